The van der Waals surface area contributed by atoms with Gasteiger partial charge in [-0.25, -0.2) is 4.98 Å². The SMILES string of the molecule is COc1ncccc1CNC(=O)C(C)OCC(C)C. The van der Waals surface area contributed by atoms with E-state index in [1.807, 2.05) is 26.0 Å². The average molecular weight is 266 g/mol. The van der Waals surface area contributed by atoms with Crippen molar-refractivity contribution in [3.63, 3.8) is 0 Å². The highest BCUT2D eigenvalue weighted by atomic mass is 16.5. The number of amides is 1. The Morgan fingerprint density at radius 3 is 2.79 bits per heavy atom. The number of rotatable bonds is 7. The summed E-state index contributed by atoms with van der Waals surface area (Å²) < 4.78 is 10.6. The minimum atomic E-state index is -0.454. The molecule has 1 aromatic rings. The van der Waals surface area contributed by atoms with E-state index in [0.29, 0.717) is 24.9 Å². The van der Waals surface area contributed by atoms with Crippen LogP contribution in [0.3, 0.4) is 0 Å². The Morgan fingerprint density at radius 2 is 2.16 bits per heavy atom. The molecule has 0 aliphatic rings. The molecule has 0 fully saturated rings. The first kappa shape index (κ1) is 15.4. The van der Waals surface area contributed by atoms with Gasteiger partial charge < -0.3 is 14.8 Å². The van der Waals surface area contributed by atoms with Crippen molar-refractivity contribution in [3.8, 4) is 5.88 Å². The molecule has 0 aromatic carbocycles. The molecule has 5 nitrogen and oxygen atoms in total. The minimum Gasteiger partial charge on any atom is -0.481 e. The van der Waals surface area contributed by atoms with Crippen molar-refractivity contribution in [1.29, 1.82) is 0 Å². The van der Waals surface area contributed by atoms with Crippen molar-refractivity contribution in [3.05, 3.63) is 23.9 Å². The standard InChI is InChI=1S/C14H22N2O3/c1-10(2)9-19-11(3)13(17)16-8-12-6-5-7-15-14(12)18-4/h5-7,10-11H,8-9H2,1-4H3,(H,16,17). The molecule has 106 valence electrons. The summed E-state index contributed by atoms with van der Waals surface area (Å²) in [5.74, 6) is 0.804. The molecule has 5 heteroatoms. The van der Waals surface area contributed by atoms with E-state index in [1.54, 1.807) is 20.2 Å². The van der Waals surface area contributed by atoms with Crippen molar-refractivity contribution in [2.75, 3.05) is 13.7 Å². The van der Waals surface area contributed by atoms with Crippen LogP contribution in [0.25, 0.3) is 0 Å². The van der Waals surface area contributed by atoms with Crippen LogP contribution in [-0.2, 0) is 16.1 Å². The van der Waals surface area contributed by atoms with Gasteiger partial charge >= 0.3 is 0 Å². The zero-order chi connectivity index (χ0) is 14.3. The summed E-state index contributed by atoms with van der Waals surface area (Å²) in [7, 11) is 1.56. The van der Waals surface area contributed by atoms with E-state index in [4.69, 9.17) is 9.47 Å². The van der Waals surface area contributed by atoms with Crippen LogP contribution in [0.1, 0.15) is 26.3 Å². The van der Waals surface area contributed by atoms with Gasteiger partial charge in [-0.1, -0.05) is 19.9 Å². The van der Waals surface area contributed by atoms with E-state index >= 15 is 0 Å². The Morgan fingerprint density at radius 1 is 1.42 bits per heavy atom. The van der Waals surface area contributed by atoms with Gasteiger partial charge in [-0.05, 0) is 18.9 Å². The van der Waals surface area contributed by atoms with E-state index in [-0.39, 0.29) is 5.91 Å². The molecule has 0 saturated carbocycles. The van der Waals surface area contributed by atoms with Crippen LogP contribution in [0.5, 0.6) is 5.88 Å². The van der Waals surface area contributed by atoms with Gasteiger partial charge in [-0.3, -0.25) is 4.79 Å². The van der Waals surface area contributed by atoms with Crippen LogP contribution < -0.4 is 10.1 Å². The molecule has 0 spiro atoms. The average Bonchev–Trinajstić information content (AvgIpc) is 2.42. The Labute approximate surface area is 114 Å². The summed E-state index contributed by atoms with van der Waals surface area (Å²) >= 11 is 0. The zero-order valence-electron chi connectivity index (χ0n) is 12.0. The van der Waals surface area contributed by atoms with E-state index < -0.39 is 6.10 Å². The minimum absolute atomic E-state index is 0.133. The van der Waals surface area contributed by atoms with Crippen LogP contribution in [0.4, 0.5) is 0 Å². The maximum absolute atomic E-state index is 11.8. The zero-order valence-corrected chi connectivity index (χ0v) is 12.0. The Kier molecular flexibility index (Phi) is 6.29. The van der Waals surface area contributed by atoms with Gasteiger partial charge in [0.1, 0.15) is 6.10 Å². The number of methoxy groups -OCH3 is 1. The third-order valence-corrected chi connectivity index (χ3v) is 2.55. The highest BCUT2D eigenvalue weighted by Crippen LogP contribution is 2.12. The van der Waals surface area contributed by atoms with E-state index in [0.717, 1.165) is 5.56 Å². The summed E-state index contributed by atoms with van der Waals surface area (Å²) in [6.45, 7) is 6.80. The van der Waals surface area contributed by atoms with Gasteiger partial charge in [-0.15, -0.1) is 0 Å². The third kappa shape index (κ3) is 5.26. The molecular formula is C14H22N2O3. The molecule has 0 radical (unpaired) electrons. The molecule has 1 N–H and O–H groups in total. The number of pyridine rings is 1. The lowest BCUT2D eigenvalue weighted by Crippen LogP contribution is -2.34. The molecule has 1 unspecified atom stereocenters. The van der Waals surface area contributed by atoms with Crippen molar-refractivity contribution >= 4 is 5.91 Å². The Bertz CT molecular complexity index is 407. The first-order valence-corrected chi connectivity index (χ1v) is 6.41. The maximum atomic E-state index is 11.8. The fourth-order valence-electron chi connectivity index (χ4n) is 1.48. The topological polar surface area (TPSA) is 60.5 Å². The lowest BCUT2D eigenvalue weighted by atomic mass is 10.2. The highest BCUT2D eigenvalue weighted by molar-refractivity contribution is 5.80. The molecule has 0 aliphatic heterocycles. The number of hydrogen-bond donors (Lipinski definition) is 1. The number of hydrogen-bond acceptors (Lipinski definition) is 4. The Balaban J connectivity index is 2.45. The lowest BCUT2D eigenvalue weighted by molar-refractivity contribution is -0.132. The number of nitrogens with zero attached hydrogens (tertiary/aromatic N) is 1. The summed E-state index contributed by atoms with van der Waals surface area (Å²) in [5.41, 5.74) is 0.842. The van der Waals surface area contributed by atoms with Crippen molar-refractivity contribution in [1.82, 2.24) is 10.3 Å². The molecule has 1 aromatic heterocycles. The highest BCUT2D eigenvalue weighted by Gasteiger charge is 2.14. The second kappa shape index (κ2) is 7.74. The largest absolute Gasteiger partial charge is 0.481 e. The first-order chi connectivity index (χ1) is 9.04. The van der Waals surface area contributed by atoms with Crippen molar-refractivity contribution in [2.24, 2.45) is 5.92 Å². The van der Waals surface area contributed by atoms with Gasteiger partial charge in [0, 0.05) is 24.9 Å². The molecule has 0 aliphatic carbocycles. The van der Waals surface area contributed by atoms with Crippen LogP contribution in [0.15, 0.2) is 18.3 Å². The monoisotopic (exact) mass is 266 g/mol. The molecule has 0 saturated heterocycles. The fraction of sp³-hybridized carbons (Fsp3) is 0.571. The molecule has 1 atom stereocenters. The molecule has 1 rings (SSSR count). The van der Waals surface area contributed by atoms with E-state index in [9.17, 15) is 4.79 Å². The van der Waals surface area contributed by atoms with Crippen molar-refractivity contribution in [2.45, 2.75) is 33.4 Å². The van der Waals surface area contributed by atoms with Gasteiger partial charge in [0.15, 0.2) is 0 Å². The second-order valence-corrected chi connectivity index (χ2v) is 4.76. The van der Waals surface area contributed by atoms with Gasteiger partial charge in [0.2, 0.25) is 11.8 Å². The maximum Gasteiger partial charge on any atom is 0.249 e. The normalized spacial score (nSPS) is 12.3. The van der Waals surface area contributed by atoms with Crippen molar-refractivity contribution < 1.29 is 14.3 Å². The predicted molar refractivity (Wildman–Crippen MR) is 72.9 cm³/mol. The van der Waals surface area contributed by atoms with E-state index in [1.165, 1.54) is 0 Å². The second-order valence-electron chi connectivity index (χ2n) is 4.76. The molecular weight excluding hydrogens is 244 g/mol. The summed E-state index contributed by atoms with van der Waals surface area (Å²) in [4.78, 5) is 15.9. The van der Waals surface area contributed by atoms with Crippen LogP contribution in [-0.4, -0.2) is 30.7 Å². The summed E-state index contributed by atoms with van der Waals surface area (Å²) in [6, 6.07) is 3.68. The Hall–Kier alpha value is -1.62. The third-order valence-electron chi connectivity index (χ3n) is 2.55. The first-order valence-electron chi connectivity index (χ1n) is 6.41. The summed E-state index contributed by atoms with van der Waals surface area (Å²) in [6.07, 6.45) is 1.20. The molecule has 1 amide bonds. The van der Waals surface area contributed by atoms with Gasteiger partial charge in [-0.2, -0.15) is 0 Å². The smallest absolute Gasteiger partial charge is 0.249 e. The van der Waals surface area contributed by atoms with Crippen LogP contribution >= 0.6 is 0 Å². The van der Waals surface area contributed by atoms with Crippen LogP contribution in [0, 0.1) is 5.92 Å². The number of ether oxygens (including phenoxy) is 2. The lowest BCUT2D eigenvalue weighted by Gasteiger charge is -2.15. The number of carbonyl (C=O) groups is 1. The van der Waals surface area contributed by atoms with Gasteiger partial charge in [0.05, 0.1) is 7.11 Å². The van der Waals surface area contributed by atoms with Gasteiger partial charge in [0.25, 0.3) is 0 Å². The molecule has 0 bridgehead atoms. The molecule has 1 heterocycles. The predicted octanol–water partition coefficient (Wildman–Crippen LogP) is 1.77. The van der Waals surface area contributed by atoms with Crippen LogP contribution in [0.2, 0.25) is 0 Å². The van der Waals surface area contributed by atoms with E-state index in [2.05, 4.69) is 10.3 Å². The fourth-order valence-corrected chi connectivity index (χ4v) is 1.48. The molecule has 19 heavy (non-hydrogen) atoms. The number of aromatic nitrogens is 1. The quantitative estimate of drug-likeness (QED) is 0.817. The summed E-state index contributed by atoms with van der Waals surface area (Å²) in [5, 5.41) is 2.81. The number of nitrogens with one attached hydrogen (secondary N) is 1. The number of carbonyl (C=O) groups excluding carboxylic acids is 1.